The Balaban J connectivity index is 1.81. The zero-order valence-corrected chi connectivity index (χ0v) is 16.2. The minimum Gasteiger partial charge on any atom is -0.366 e. The number of para-hydroxylation sites is 1. The first-order valence-electron chi connectivity index (χ1n) is 9.47. The fourth-order valence-electron chi connectivity index (χ4n) is 3.40. The Morgan fingerprint density at radius 3 is 2.50 bits per heavy atom. The molecule has 1 saturated heterocycles. The number of rotatable bonds is 7. The third kappa shape index (κ3) is 4.13. The molecule has 9 heteroatoms. The lowest BCUT2D eigenvalue weighted by atomic mass is 10.2. The van der Waals surface area contributed by atoms with Gasteiger partial charge in [0.1, 0.15) is 12.1 Å². The summed E-state index contributed by atoms with van der Waals surface area (Å²) in [6, 6.07) is 6.66. The monoisotopic (exact) mass is 388 g/mol. The maximum atomic E-state index is 14.0. The molecule has 0 amide bonds. The predicted octanol–water partition coefficient (Wildman–Crippen LogP) is 3.09. The van der Waals surface area contributed by atoms with Gasteiger partial charge in [0, 0.05) is 39.8 Å². The number of unbranched alkanes of at least 4 members (excludes halogenated alkanes) is 1. The third-order valence-corrected chi connectivity index (χ3v) is 4.95. The van der Waals surface area contributed by atoms with Crippen LogP contribution in [0.1, 0.15) is 19.8 Å². The van der Waals surface area contributed by atoms with Crippen LogP contribution in [0.3, 0.4) is 0 Å². The molecular formula is C19H25FN6O2. The van der Waals surface area contributed by atoms with Crippen LogP contribution in [-0.2, 0) is 0 Å². The number of hydrogen-bond donors (Lipinski definition) is 0. The van der Waals surface area contributed by atoms with E-state index in [4.69, 9.17) is 0 Å². The van der Waals surface area contributed by atoms with Gasteiger partial charge in [0.05, 0.1) is 10.6 Å². The molecule has 1 aromatic heterocycles. The van der Waals surface area contributed by atoms with E-state index in [0.29, 0.717) is 50.0 Å². The number of nitro groups is 1. The quantitative estimate of drug-likeness (QED) is 0.533. The van der Waals surface area contributed by atoms with E-state index < -0.39 is 4.92 Å². The van der Waals surface area contributed by atoms with Crippen LogP contribution in [0.4, 0.5) is 27.4 Å². The molecule has 150 valence electrons. The number of halogens is 1. The highest BCUT2D eigenvalue weighted by molar-refractivity contribution is 5.71. The van der Waals surface area contributed by atoms with Crippen molar-refractivity contribution in [2.45, 2.75) is 19.8 Å². The number of piperazine rings is 1. The van der Waals surface area contributed by atoms with Crippen LogP contribution in [0.5, 0.6) is 0 Å². The number of hydrogen-bond acceptors (Lipinski definition) is 7. The Kier molecular flexibility index (Phi) is 6.23. The minimum atomic E-state index is -0.406. The summed E-state index contributed by atoms with van der Waals surface area (Å²) in [5.41, 5.74) is 0.486. The highest BCUT2D eigenvalue weighted by Gasteiger charge is 2.31. The first kappa shape index (κ1) is 19.8. The van der Waals surface area contributed by atoms with E-state index >= 15 is 0 Å². The Hall–Kier alpha value is -2.97. The molecule has 0 aliphatic carbocycles. The maximum absolute atomic E-state index is 14.0. The molecule has 0 saturated carbocycles. The van der Waals surface area contributed by atoms with Crippen molar-refractivity contribution in [1.29, 1.82) is 0 Å². The first-order valence-corrected chi connectivity index (χ1v) is 9.47. The number of benzene rings is 1. The van der Waals surface area contributed by atoms with Gasteiger partial charge in [-0.15, -0.1) is 0 Å². The van der Waals surface area contributed by atoms with Crippen molar-refractivity contribution in [2.75, 3.05) is 54.5 Å². The molecule has 1 aliphatic heterocycles. The van der Waals surface area contributed by atoms with Crippen molar-refractivity contribution in [2.24, 2.45) is 0 Å². The lowest BCUT2D eigenvalue weighted by molar-refractivity contribution is -0.383. The molecule has 0 bridgehead atoms. The zero-order valence-electron chi connectivity index (χ0n) is 16.2. The second-order valence-corrected chi connectivity index (χ2v) is 6.83. The number of aromatic nitrogens is 2. The molecule has 1 fully saturated rings. The van der Waals surface area contributed by atoms with Crippen molar-refractivity contribution in [3.8, 4) is 0 Å². The van der Waals surface area contributed by atoms with Gasteiger partial charge in [0.2, 0.25) is 11.6 Å². The molecule has 0 N–H and O–H groups in total. The summed E-state index contributed by atoms with van der Waals surface area (Å²) in [5, 5.41) is 11.8. The second kappa shape index (κ2) is 8.81. The van der Waals surface area contributed by atoms with Crippen molar-refractivity contribution in [3.63, 3.8) is 0 Å². The summed E-state index contributed by atoms with van der Waals surface area (Å²) in [5.74, 6) is 0.398. The molecule has 1 aliphatic rings. The predicted molar refractivity (Wildman–Crippen MR) is 108 cm³/mol. The summed E-state index contributed by atoms with van der Waals surface area (Å²) >= 11 is 0. The molecule has 0 radical (unpaired) electrons. The van der Waals surface area contributed by atoms with Gasteiger partial charge in [-0.3, -0.25) is 10.1 Å². The largest absolute Gasteiger partial charge is 0.366 e. The fraction of sp³-hybridized carbons (Fsp3) is 0.474. The average molecular weight is 388 g/mol. The molecule has 0 atom stereocenters. The molecule has 2 aromatic rings. The SMILES string of the molecule is CCCCN(C)c1ncnc(N2CCN(c3ccccc3F)CC2)c1[N+](=O)[O-]. The first-order chi connectivity index (χ1) is 13.5. The molecular weight excluding hydrogens is 363 g/mol. The fourth-order valence-corrected chi connectivity index (χ4v) is 3.40. The highest BCUT2D eigenvalue weighted by Crippen LogP contribution is 2.34. The van der Waals surface area contributed by atoms with E-state index in [1.165, 1.54) is 12.4 Å². The number of anilines is 3. The second-order valence-electron chi connectivity index (χ2n) is 6.83. The van der Waals surface area contributed by atoms with Gasteiger partial charge in [0.25, 0.3) is 0 Å². The molecule has 3 rings (SSSR count). The summed E-state index contributed by atoms with van der Waals surface area (Å²) in [4.78, 5) is 25.4. The van der Waals surface area contributed by atoms with E-state index in [9.17, 15) is 14.5 Å². The van der Waals surface area contributed by atoms with Gasteiger partial charge >= 0.3 is 5.69 Å². The average Bonchev–Trinajstić information content (AvgIpc) is 2.72. The van der Waals surface area contributed by atoms with Crippen LogP contribution in [0, 0.1) is 15.9 Å². The summed E-state index contributed by atoms with van der Waals surface area (Å²) in [7, 11) is 1.81. The Bertz CT molecular complexity index is 826. The van der Waals surface area contributed by atoms with Crippen LogP contribution in [0.15, 0.2) is 30.6 Å². The summed E-state index contributed by atoms with van der Waals surface area (Å²) in [6.07, 6.45) is 3.30. The molecule has 2 heterocycles. The smallest absolute Gasteiger partial charge is 0.353 e. The van der Waals surface area contributed by atoms with E-state index in [-0.39, 0.29) is 11.5 Å². The summed E-state index contributed by atoms with van der Waals surface area (Å²) in [6.45, 7) is 4.92. The third-order valence-electron chi connectivity index (χ3n) is 4.95. The van der Waals surface area contributed by atoms with Crippen molar-refractivity contribution in [3.05, 3.63) is 46.5 Å². The highest BCUT2D eigenvalue weighted by atomic mass is 19.1. The van der Waals surface area contributed by atoms with Crippen LogP contribution in [0.25, 0.3) is 0 Å². The van der Waals surface area contributed by atoms with E-state index in [2.05, 4.69) is 16.9 Å². The summed E-state index contributed by atoms with van der Waals surface area (Å²) < 4.78 is 14.0. The lowest BCUT2D eigenvalue weighted by Gasteiger charge is -2.36. The van der Waals surface area contributed by atoms with Gasteiger partial charge in [-0.05, 0) is 18.6 Å². The zero-order chi connectivity index (χ0) is 20.1. The van der Waals surface area contributed by atoms with Gasteiger partial charge in [0.15, 0.2) is 0 Å². The van der Waals surface area contributed by atoms with E-state index in [1.54, 1.807) is 18.2 Å². The van der Waals surface area contributed by atoms with Gasteiger partial charge in [-0.1, -0.05) is 25.5 Å². The van der Waals surface area contributed by atoms with Crippen LogP contribution in [0.2, 0.25) is 0 Å². The topological polar surface area (TPSA) is 78.6 Å². The van der Waals surface area contributed by atoms with E-state index in [0.717, 1.165) is 12.8 Å². The Morgan fingerprint density at radius 2 is 1.86 bits per heavy atom. The Morgan fingerprint density at radius 1 is 1.18 bits per heavy atom. The molecule has 1 aromatic carbocycles. The van der Waals surface area contributed by atoms with Gasteiger partial charge in [-0.25, -0.2) is 14.4 Å². The van der Waals surface area contributed by atoms with Crippen molar-refractivity contribution >= 4 is 23.0 Å². The molecule has 8 nitrogen and oxygen atoms in total. The molecule has 0 unspecified atom stereocenters. The normalized spacial score (nSPS) is 14.2. The maximum Gasteiger partial charge on any atom is 0.353 e. The minimum absolute atomic E-state index is 0.0690. The van der Waals surface area contributed by atoms with Crippen molar-refractivity contribution in [1.82, 2.24) is 9.97 Å². The van der Waals surface area contributed by atoms with Gasteiger partial charge in [-0.2, -0.15) is 0 Å². The number of nitrogens with zero attached hydrogens (tertiary/aromatic N) is 6. The lowest BCUT2D eigenvalue weighted by Crippen LogP contribution is -2.47. The van der Waals surface area contributed by atoms with Crippen LogP contribution >= 0.6 is 0 Å². The molecule has 28 heavy (non-hydrogen) atoms. The van der Waals surface area contributed by atoms with Crippen LogP contribution < -0.4 is 14.7 Å². The van der Waals surface area contributed by atoms with Gasteiger partial charge < -0.3 is 14.7 Å². The van der Waals surface area contributed by atoms with Crippen molar-refractivity contribution < 1.29 is 9.31 Å². The standard InChI is InChI=1S/C19H25FN6O2/c1-3-4-9-23(2)18-17(26(27)28)19(22-14-21-18)25-12-10-24(11-13-25)16-8-6-5-7-15(16)20/h5-8,14H,3-4,9-13H2,1-2H3. The molecule has 0 spiro atoms. The van der Waals surface area contributed by atoms with E-state index in [1.807, 2.05) is 21.7 Å². The van der Waals surface area contributed by atoms with Crippen LogP contribution in [-0.4, -0.2) is 54.7 Å². The Labute approximate surface area is 163 Å².